The normalized spacial score (nSPS) is 17.0. The lowest BCUT2D eigenvalue weighted by molar-refractivity contribution is -0.122. The quantitative estimate of drug-likeness (QED) is 0.796. The number of methoxy groups -OCH3 is 1. The fourth-order valence-corrected chi connectivity index (χ4v) is 3.86. The molecule has 2 aromatic heterocycles. The van der Waals surface area contributed by atoms with Crippen LogP contribution in [-0.2, 0) is 16.1 Å². The SMILES string of the molecule is COCC1(CNC(=O)Cn2cnc3sccc3c2=O)CCNCC1. The van der Waals surface area contributed by atoms with Gasteiger partial charge in [-0.3, -0.25) is 14.2 Å². The van der Waals surface area contributed by atoms with Gasteiger partial charge < -0.3 is 15.4 Å². The zero-order valence-electron chi connectivity index (χ0n) is 13.7. The first-order valence-electron chi connectivity index (χ1n) is 8.03. The maximum Gasteiger partial charge on any atom is 0.262 e. The number of nitrogens with zero attached hydrogens (tertiary/aromatic N) is 2. The van der Waals surface area contributed by atoms with Gasteiger partial charge in [0.25, 0.3) is 5.56 Å². The Bertz CT molecular complexity index is 759. The average molecular weight is 350 g/mol. The van der Waals surface area contributed by atoms with Crippen LogP contribution in [0.25, 0.3) is 10.2 Å². The van der Waals surface area contributed by atoms with Crippen molar-refractivity contribution in [2.24, 2.45) is 5.41 Å². The molecule has 1 aliphatic heterocycles. The molecule has 3 heterocycles. The molecule has 2 N–H and O–H groups in total. The third-order valence-corrected chi connectivity index (χ3v) is 5.36. The van der Waals surface area contributed by atoms with Crippen LogP contribution in [0.4, 0.5) is 0 Å². The summed E-state index contributed by atoms with van der Waals surface area (Å²) in [6.45, 7) is 3.02. The molecule has 24 heavy (non-hydrogen) atoms. The lowest BCUT2D eigenvalue weighted by Crippen LogP contribution is -2.48. The van der Waals surface area contributed by atoms with Crippen LogP contribution in [0.15, 0.2) is 22.6 Å². The van der Waals surface area contributed by atoms with E-state index in [9.17, 15) is 9.59 Å². The number of fused-ring (bicyclic) bond motifs is 1. The maximum atomic E-state index is 12.3. The second kappa shape index (κ2) is 7.42. The lowest BCUT2D eigenvalue weighted by Gasteiger charge is -2.37. The van der Waals surface area contributed by atoms with Crippen molar-refractivity contribution < 1.29 is 9.53 Å². The molecular formula is C16H22N4O3S. The zero-order chi connectivity index (χ0) is 17.0. The highest BCUT2D eigenvalue weighted by Crippen LogP contribution is 2.28. The molecule has 1 amide bonds. The van der Waals surface area contributed by atoms with Crippen LogP contribution >= 0.6 is 11.3 Å². The first kappa shape index (κ1) is 17.1. The molecule has 3 rings (SSSR count). The number of ether oxygens (including phenoxy) is 1. The van der Waals surface area contributed by atoms with Crippen LogP contribution in [0.2, 0.25) is 0 Å². The van der Waals surface area contributed by atoms with E-state index in [-0.39, 0.29) is 23.4 Å². The van der Waals surface area contributed by atoms with Crippen molar-refractivity contribution in [2.45, 2.75) is 19.4 Å². The standard InChI is InChI=1S/C16H22N4O3S/c1-23-10-16(3-5-17-6-4-16)9-18-13(21)8-20-11-19-14-12(15(20)22)2-7-24-14/h2,7,11,17H,3-6,8-10H2,1H3,(H,18,21). The number of amides is 1. The topological polar surface area (TPSA) is 85.2 Å². The summed E-state index contributed by atoms with van der Waals surface area (Å²) in [5, 5.41) is 8.68. The Labute approximate surface area is 144 Å². The average Bonchev–Trinajstić information content (AvgIpc) is 3.06. The van der Waals surface area contributed by atoms with E-state index in [0.717, 1.165) is 25.9 Å². The Kier molecular flexibility index (Phi) is 5.27. The number of carbonyl (C=O) groups is 1. The van der Waals surface area contributed by atoms with Crippen LogP contribution in [-0.4, -0.2) is 48.8 Å². The van der Waals surface area contributed by atoms with Crippen molar-refractivity contribution in [1.29, 1.82) is 0 Å². The van der Waals surface area contributed by atoms with E-state index in [2.05, 4.69) is 15.6 Å². The van der Waals surface area contributed by atoms with Gasteiger partial charge in [-0.1, -0.05) is 0 Å². The van der Waals surface area contributed by atoms with Gasteiger partial charge in [0.2, 0.25) is 5.91 Å². The van der Waals surface area contributed by atoms with Crippen molar-refractivity contribution in [3.63, 3.8) is 0 Å². The molecule has 0 aromatic carbocycles. The summed E-state index contributed by atoms with van der Waals surface area (Å²) in [4.78, 5) is 29.5. The van der Waals surface area contributed by atoms with Gasteiger partial charge >= 0.3 is 0 Å². The lowest BCUT2D eigenvalue weighted by atomic mass is 9.79. The highest BCUT2D eigenvalue weighted by molar-refractivity contribution is 7.16. The minimum atomic E-state index is -0.178. The summed E-state index contributed by atoms with van der Waals surface area (Å²) < 4.78 is 6.71. The highest BCUT2D eigenvalue weighted by atomic mass is 32.1. The molecule has 130 valence electrons. The predicted molar refractivity (Wildman–Crippen MR) is 93.3 cm³/mol. The van der Waals surface area contributed by atoms with Crippen molar-refractivity contribution in [3.05, 3.63) is 28.1 Å². The van der Waals surface area contributed by atoms with Gasteiger partial charge in [0.15, 0.2) is 0 Å². The maximum absolute atomic E-state index is 12.3. The third kappa shape index (κ3) is 3.66. The van der Waals surface area contributed by atoms with Crippen LogP contribution in [0.5, 0.6) is 0 Å². The Balaban J connectivity index is 1.64. The second-order valence-electron chi connectivity index (χ2n) is 6.28. The molecule has 0 bridgehead atoms. The fraction of sp³-hybridized carbons (Fsp3) is 0.562. The molecule has 0 aliphatic carbocycles. The molecule has 8 heteroatoms. The predicted octanol–water partition coefficient (Wildman–Crippen LogP) is 0.590. The van der Waals surface area contributed by atoms with Gasteiger partial charge in [-0.25, -0.2) is 4.98 Å². The summed E-state index contributed by atoms with van der Waals surface area (Å²) >= 11 is 1.42. The Morgan fingerprint density at radius 3 is 3.04 bits per heavy atom. The van der Waals surface area contributed by atoms with Gasteiger partial charge in [-0.05, 0) is 37.4 Å². The summed E-state index contributed by atoms with van der Waals surface area (Å²) in [7, 11) is 1.69. The molecule has 1 saturated heterocycles. The van der Waals surface area contributed by atoms with Crippen LogP contribution < -0.4 is 16.2 Å². The van der Waals surface area contributed by atoms with Crippen molar-refractivity contribution >= 4 is 27.5 Å². The van der Waals surface area contributed by atoms with Crippen LogP contribution in [0.1, 0.15) is 12.8 Å². The summed E-state index contributed by atoms with van der Waals surface area (Å²) in [6.07, 6.45) is 3.36. The largest absolute Gasteiger partial charge is 0.384 e. The van der Waals surface area contributed by atoms with E-state index < -0.39 is 0 Å². The zero-order valence-corrected chi connectivity index (χ0v) is 14.5. The molecule has 2 aromatic rings. The smallest absolute Gasteiger partial charge is 0.262 e. The molecular weight excluding hydrogens is 328 g/mol. The number of rotatable bonds is 6. The van der Waals surface area contributed by atoms with E-state index in [0.29, 0.717) is 23.4 Å². The van der Waals surface area contributed by atoms with E-state index >= 15 is 0 Å². The van der Waals surface area contributed by atoms with Gasteiger partial charge in [0.1, 0.15) is 11.4 Å². The molecule has 0 atom stereocenters. The molecule has 7 nitrogen and oxygen atoms in total. The number of hydrogen-bond acceptors (Lipinski definition) is 6. The van der Waals surface area contributed by atoms with Crippen molar-refractivity contribution in [3.8, 4) is 0 Å². The summed E-state index contributed by atoms with van der Waals surface area (Å²) in [5.74, 6) is -0.178. The number of carbonyl (C=O) groups excluding carboxylic acids is 1. The molecule has 0 unspecified atom stereocenters. The fourth-order valence-electron chi connectivity index (χ4n) is 3.14. The van der Waals surface area contributed by atoms with E-state index in [1.807, 2.05) is 5.38 Å². The van der Waals surface area contributed by atoms with Crippen LogP contribution in [0.3, 0.4) is 0 Å². The third-order valence-electron chi connectivity index (χ3n) is 4.54. The minimum Gasteiger partial charge on any atom is -0.384 e. The molecule has 0 saturated carbocycles. The Hall–Kier alpha value is -1.77. The first-order valence-corrected chi connectivity index (χ1v) is 8.90. The second-order valence-corrected chi connectivity index (χ2v) is 7.17. The molecule has 1 fully saturated rings. The summed E-state index contributed by atoms with van der Waals surface area (Å²) in [6, 6.07) is 1.74. The number of aromatic nitrogens is 2. The van der Waals surface area contributed by atoms with E-state index in [1.165, 1.54) is 22.2 Å². The van der Waals surface area contributed by atoms with E-state index in [4.69, 9.17) is 4.74 Å². The highest BCUT2D eigenvalue weighted by Gasteiger charge is 2.32. The van der Waals surface area contributed by atoms with Gasteiger partial charge in [-0.2, -0.15) is 0 Å². The molecule has 0 spiro atoms. The number of nitrogens with one attached hydrogen (secondary N) is 2. The minimum absolute atomic E-state index is 0.0149. The molecule has 0 radical (unpaired) electrons. The summed E-state index contributed by atoms with van der Waals surface area (Å²) in [5.41, 5.74) is -0.208. The first-order chi connectivity index (χ1) is 11.6. The number of piperidine rings is 1. The van der Waals surface area contributed by atoms with E-state index in [1.54, 1.807) is 13.2 Å². The molecule has 1 aliphatic rings. The van der Waals surface area contributed by atoms with Crippen molar-refractivity contribution in [1.82, 2.24) is 20.2 Å². The van der Waals surface area contributed by atoms with Crippen molar-refractivity contribution in [2.75, 3.05) is 33.4 Å². The number of thiophene rings is 1. The van der Waals surface area contributed by atoms with Crippen LogP contribution in [0, 0.1) is 5.41 Å². The van der Waals surface area contributed by atoms with Gasteiger partial charge in [-0.15, -0.1) is 11.3 Å². The van der Waals surface area contributed by atoms with Gasteiger partial charge in [0, 0.05) is 19.1 Å². The Morgan fingerprint density at radius 1 is 1.50 bits per heavy atom. The Morgan fingerprint density at radius 2 is 2.29 bits per heavy atom. The monoisotopic (exact) mass is 350 g/mol. The van der Waals surface area contributed by atoms with Gasteiger partial charge in [0.05, 0.1) is 18.3 Å². The number of hydrogen-bond donors (Lipinski definition) is 2.